The number of hydrogen-bond donors (Lipinski definition) is 2. The highest BCUT2D eigenvalue weighted by atomic mass is 16.6. The van der Waals surface area contributed by atoms with Crippen LogP contribution in [0.4, 0.5) is 9.59 Å². The number of methoxy groups -OCH3 is 1. The molecule has 0 radical (unpaired) electrons. The second kappa shape index (κ2) is 11.7. The molecule has 35 heavy (non-hydrogen) atoms. The first kappa shape index (κ1) is 27.7. The van der Waals surface area contributed by atoms with E-state index in [1.807, 2.05) is 18.2 Å². The molecule has 0 bridgehead atoms. The minimum atomic E-state index is -0.897. The van der Waals surface area contributed by atoms with Crippen LogP contribution in [0.25, 0.3) is 0 Å². The lowest BCUT2D eigenvalue weighted by Crippen LogP contribution is -2.44. The summed E-state index contributed by atoms with van der Waals surface area (Å²) in [5, 5.41) is 5.65. The fourth-order valence-corrected chi connectivity index (χ4v) is 3.49. The van der Waals surface area contributed by atoms with E-state index >= 15 is 0 Å². The van der Waals surface area contributed by atoms with Crippen molar-refractivity contribution in [1.29, 1.82) is 0 Å². The Morgan fingerprint density at radius 1 is 0.743 bits per heavy atom. The van der Waals surface area contributed by atoms with Gasteiger partial charge in [-0.2, -0.15) is 0 Å². The second-order valence-corrected chi connectivity index (χ2v) is 10.1. The van der Waals surface area contributed by atoms with Gasteiger partial charge in [0.15, 0.2) is 0 Å². The Morgan fingerprint density at radius 2 is 1.17 bits per heavy atom. The molecule has 0 aliphatic heterocycles. The summed E-state index contributed by atoms with van der Waals surface area (Å²) in [5.74, 6) is -0.273. The van der Waals surface area contributed by atoms with Gasteiger partial charge < -0.3 is 29.6 Å². The minimum absolute atomic E-state index is 0.624. The smallest absolute Gasteiger partial charge is 0.408 e. The normalized spacial score (nSPS) is 14.1. The molecule has 2 amide bonds. The zero-order valence-electron chi connectivity index (χ0n) is 21.5. The minimum Gasteiger partial charge on any atom is -0.497 e. The molecule has 0 fully saturated rings. The standard InChI is InChI=1S/C27H36N2O6/c1-26(2,3)34-24(31)28-22(18-11-9-8-10-12-18)21(17-30)23(29-25(32)35-27(4,5)6)19-13-15-20(33-7)16-14-19/h8-17,21-23H,1-7H3,(H,28,31)(H,29,32)/t21?,22-,23-/m1/s1. The molecule has 2 aromatic rings. The molecular weight excluding hydrogens is 448 g/mol. The van der Waals surface area contributed by atoms with Crippen molar-refractivity contribution in [3.8, 4) is 5.75 Å². The van der Waals surface area contributed by atoms with Gasteiger partial charge in [0.1, 0.15) is 23.2 Å². The van der Waals surface area contributed by atoms with Gasteiger partial charge in [0.25, 0.3) is 0 Å². The van der Waals surface area contributed by atoms with Crippen LogP contribution in [0, 0.1) is 5.92 Å². The number of amides is 2. The van der Waals surface area contributed by atoms with Gasteiger partial charge in [0.05, 0.1) is 25.1 Å². The van der Waals surface area contributed by atoms with Gasteiger partial charge in [0, 0.05) is 0 Å². The molecule has 3 atom stereocenters. The quantitative estimate of drug-likeness (QED) is 0.490. The Labute approximate surface area is 207 Å². The van der Waals surface area contributed by atoms with Crippen molar-refractivity contribution in [3.05, 3.63) is 65.7 Å². The monoisotopic (exact) mass is 484 g/mol. The van der Waals surface area contributed by atoms with Crippen LogP contribution in [0.1, 0.15) is 64.8 Å². The molecule has 190 valence electrons. The first-order valence-electron chi connectivity index (χ1n) is 11.5. The van der Waals surface area contributed by atoms with Crippen LogP contribution < -0.4 is 15.4 Å². The Hall–Kier alpha value is -3.55. The average molecular weight is 485 g/mol. The molecule has 0 aromatic heterocycles. The number of hydrogen-bond acceptors (Lipinski definition) is 6. The van der Waals surface area contributed by atoms with Gasteiger partial charge in [-0.15, -0.1) is 0 Å². The third-order valence-corrected chi connectivity index (χ3v) is 4.91. The van der Waals surface area contributed by atoms with E-state index in [-0.39, 0.29) is 0 Å². The molecule has 2 N–H and O–H groups in total. The van der Waals surface area contributed by atoms with Crippen LogP contribution in [-0.2, 0) is 14.3 Å². The number of carbonyl (C=O) groups is 3. The van der Waals surface area contributed by atoms with Crippen LogP contribution in [0.3, 0.4) is 0 Å². The summed E-state index contributed by atoms with van der Waals surface area (Å²) < 4.78 is 16.2. The molecule has 0 heterocycles. The number of nitrogens with one attached hydrogen (secondary N) is 2. The molecule has 1 unspecified atom stereocenters. The van der Waals surface area contributed by atoms with E-state index in [4.69, 9.17) is 14.2 Å². The fourth-order valence-electron chi connectivity index (χ4n) is 3.49. The van der Waals surface area contributed by atoms with Crippen LogP contribution in [0.2, 0.25) is 0 Å². The Morgan fingerprint density at radius 3 is 1.54 bits per heavy atom. The van der Waals surface area contributed by atoms with E-state index in [0.717, 1.165) is 6.29 Å². The van der Waals surface area contributed by atoms with Gasteiger partial charge in [-0.3, -0.25) is 0 Å². The maximum atomic E-state index is 12.8. The molecule has 2 rings (SSSR count). The van der Waals surface area contributed by atoms with Crippen molar-refractivity contribution < 1.29 is 28.6 Å². The van der Waals surface area contributed by atoms with E-state index < -0.39 is 41.4 Å². The molecule has 0 aliphatic rings. The number of carbonyl (C=O) groups excluding carboxylic acids is 3. The summed E-state index contributed by atoms with van der Waals surface area (Å²) in [7, 11) is 1.55. The number of alkyl carbamates (subject to hydrolysis) is 2. The molecule has 0 spiro atoms. The first-order chi connectivity index (χ1) is 16.3. The van der Waals surface area contributed by atoms with E-state index in [9.17, 15) is 14.4 Å². The van der Waals surface area contributed by atoms with Crippen LogP contribution >= 0.6 is 0 Å². The zero-order valence-corrected chi connectivity index (χ0v) is 21.5. The van der Waals surface area contributed by atoms with Crippen molar-refractivity contribution >= 4 is 18.5 Å². The Kier molecular flexibility index (Phi) is 9.28. The second-order valence-electron chi connectivity index (χ2n) is 10.1. The predicted octanol–water partition coefficient (Wildman–Crippen LogP) is 5.34. The van der Waals surface area contributed by atoms with Crippen molar-refractivity contribution in [2.45, 2.75) is 64.8 Å². The lowest BCUT2D eigenvalue weighted by molar-refractivity contribution is -0.112. The van der Waals surface area contributed by atoms with Crippen molar-refractivity contribution in [2.24, 2.45) is 5.92 Å². The van der Waals surface area contributed by atoms with Crippen LogP contribution in [0.5, 0.6) is 5.75 Å². The fraction of sp³-hybridized carbons (Fsp3) is 0.444. The van der Waals surface area contributed by atoms with Crippen LogP contribution in [-0.4, -0.2) is 36.8 Å². The zero-order chi connectivity index (χ0) is 26.2. The molecular formula is C27H36N2O6. The maximum Gasteiger partial charge on any atom is 0.408 e. The summed E-state index contributed by atoms with van der Waals surface area (Å²) in [6.45, 7) is 10.5. The highest BCUT2D eigenvalue weighted by Gasteiger charge is 2.36. The van der Waals surface area contributed by atoms with Gasteiger partial charge in [0.2, 0.25) is 0 Å². The Bertz CT molecular complexity index is 977. The number of benzene rings is 2. The van der Waals surface area contributed by atoms with Gasteiger partial charge >= 0.3 is 12.2 Å². The summed E-state index contributed by atoms with van der Waals surface area (Å²) in [6.07, 6.45) is -0.639. The highest BCUT2D eigenvalue weighted by Crippen LogP contribution is 2.33. The van der Waals surface area contributed by atoms with Gasteiger partial charge in [-0.1, -0.05) is 42.5 Å². The predicted molar refractivity (Wildman–Crippen MR) is 133 cm³/mol. The van der Waals surface area contributed by atoms with E-state index in [1.54, 1.807) is 85.1 Å². The Balaban J connectivity index is 2.51. The highest BCUT2D eigenvalue weighted by molar-refractivity contribution is 5.72. The topological polar surface area (TPSA) is 103 Å². The van der Waals surface area contributed by atoms with Gasteiger partial charge in [-0.25, -0.2) is 9.59 Å². The molecule has 0 saturated carbocycles. The van der Waals surface area contributed by atoms with E-state index in [1.165, 1.54) is 0 Å². The van der Waals surface area contributed by atoms with E-state index in [2.05, 4.69) is 10.6 Å². The largest absolute Gasteiger partial charge is 0.497 e. The molecule has 8 heteroatoms. The van der Waals surface area contributed by atoms with Gasteiger partial charge in [-0.05, 0) is 64.8 Å². The lowest BCUT2D eigenvalue weighted by atomic mass is 9.84. The number of rotatable bonds is 8. The molecule has 2 aromatic carbocycles. The number of aldehydes is 1. The SMILES string of the molecule is COc1ccc([C@@H](NC(=O)OC(C)(C)C)C(C=O)[C@H](NC(=O)OC(C)(C)C)c2ccccc2)cc1. The number of ether oxygens (including phenoxy) is 3. The van der Waals surface area contributed by atoms with E-state index in [0.29, 0.717) is 16.9 Å². The summed E-state index contributed by atoms with van der Waals surface area (Å²) in [6, 6.07) is 14.4. The van der Waals surface area contributed by atoms with Crippen molar-refractivity contribution in [2.75, 3.05) is 7.11 Å². The molecule has 0 saturated heterocycles. The van der Waals surface area contributed by atoms with Crippen molar-refractivity contribution in [3.63, 3.8) is 0 Å². The van der Waals surface area contributed by atoms with Crippen molar-refractivity contribution in [1.82, 2.24) is 10.6 Å². The maximum absolute atomic E-state index is 12.8. The average Bonchev–Trinajstić information content (AvgIpc) is 2.76. The molecule has 0 aliphatic carbocycles. The summed E-state index contributed by atoms with van der Waals surface area (Å²) in [5.41, 5.74) is -0.147. The third kappa shape index (κ3) is 8.96. The van der Waals surface area contributed by atoms with Crippen LogP contribution in [0.15, 0.2) is 54.6 Å². The third-order valence-electron chi connectivity index (χ3n) is 4.91. The first-order valence-corrected chi connectivity index (χ1v) is 11.5. The summed E-state index contributed by atoms with van der Waals surface area (Å²) >= 11 is 0. The molecule has 8 nitrogen and oxygen atoms in total. The lowest BCUT2D eigenvalue weighted by Gasteiger charge is -2.33. The summed E-state index contributed by atoms with van der Waals surface area (Å²) in [4.78, 5) is 38.1.